The quantitative estimate of drug-likeness (QED) is 0.517. The molecule has 0 unspecified atom stereocenters. The summed E-state index contributed by atoms with van der Waals surface area (Å²) in [5, 5.41) is 20.0. The summed E-state index contributed by atoms with van der Waals surface area (Å²) in [6.07, 6.45) is 4.53. The number of aromatic hydroxyl groups is 1. The molecule has 4 rings (SSSR count). The number of hydrogen-bond acceptors (Lipinski definition) is 5. The Labute approximate surface area is 183 Å². The molecular formula is C25H31NO5. The van der Waals surface area contributed by atoms with Gasteiger partial charge in [-0.3, -0.25) is 14.5 Å². The molecule has 1 aromatic carbocycles. The number of ether oxygens (including phenoxy) is 1. The predicted molar refractivity (Wildman–Crippen MR) is 117 cm³/mol. The van der Waals surface area contributed by atoms with Crippen LogP contribution in [-0.4, -0.2) is 52.8 Å². The Kier molecular flexibility index (Phi) is 6.30. The highest BCUT2D eigenvalue weighted by Gasteiger charge is 2.56. The third-order valence-electron chi connectivity index (χ3n) is 6.88. The van der Waals surface area contributed by atoms with Gasteiger partial charge in [-0.1, -0.05) is 36.8 Å². The van der Waals surface area contributed by atoms with Crippen molar-refractivity contribution in [3.8, 4) is 5.75 Å². The number of aliphatic hydroxyl groups excluding tert-OH is 1. The fourth-order valence-electron chi connectivity index (χ4n) is 5.43. The molecule has 1 aromatic rings. The Hall–Kier alpha value is -2.44. The highest BCUT2D eigenvalue weighted by atomic mass is 16.5. The Bertz CT molecular complexity index is 934. The van der Waals surface area contributed by atoms with Crippen LogP contribution in [0.2, 0.25) is 0 Å². The summed E-state index contributed by atoms with van der Waals surface area (Å²) in [6, 6.07) is 7.23. The number of phenolic OH excluding ortho intramolecular Hbond substituents is 1. The summed E-state index contributed by atoms with van der Waals surface area (Å²) in [6.45, 7) is 4.77. The van der Waals surface area contributed by atoms with Crippen molar-refractivity contribution in [1.82, 2.24) is 4.90 Å². The summed E-state index contributed by atoms with van der Waals surface area (Å²) >= 11 is 0. The Morgan fingerprint density at radius 3 is 2.71 bits per heavy atom. The first-order valence-electron chi connectivity index (χ1n) is 11.2. The molecule has 2 heterocycles. The van der Waals surface area contributed by atoms with E-state index in [4.69, 9.17) is 4.74 Å². The molecule has 2 aliphatic heterocycles. The van der Waals surface area contributed by atoms with Crippen LogP contribution in [-0.2, 0) is 14.3 Å². The summed E-state index contributed by atoms with van der Waals surface area (Å²) in [4.78, 5) is 27.3. The summed E-state index contributed by atoms with van der Waals surface area (Å²) in [5.74, 6) is -0.745. The zero-order valence-corrected chi connectivity index (χ0v) is 18.2. The van der Waals surface area contributed by atoms with Crippen LogP contribution in [0.25, 0.3) is 6.08 Å². The zero-order valence-electron chi connectivity index (χ0n) is 18.2. The molecule has 4 atom stereocenters. The van der Waals surface area contributed by atoms with Gasteiger partial charge in [0, 0.05) is 18.0 Å². The van der Waals surface area contributed by atoms with Gasteiger partial charge in [-0.15, -0.1) is 0 Å². The molecule has 0 bridgehead atoms. The Morgan fingerprint density at radius 2 is 2.00 bits per heavy atom. The smallest absolute Gasteiger partial charge is 0.233 e. The first-order valence-corrected chi connectivity index (χ1v) is 11.2. The average molecular weight is 426 g/mol. The molecule has 31 heavy (non-hydrogen) atoms. The minimum absolute atomic E-state index is 0.0729. The third-order valence-corrected chi connectivity index (χ3v) is 6.88. The number of carbonyl (C=O) groups excluding carboxylic acids is 2. The topological polar surface area (TPSA) is 87.1 Å². The van der Waals surface area contributed by atoms with E-state index < -0.39 is 0 Å². The molecule has 1 aliphatic carbocycles. The van der Waals surface area contributed by atoms with E-state index in [0.717, 1.165) is 41.5 Å². The van der Waals surface area contributed by atoms with E-state index in [1.165, 1.54) is 4.90 Å². The molecule has 2 saturated heterocycles. The van der Waals surface area contributed by atoms with Gasteiger partial charge in [0.15, 0.2) is 0 Å². The first kappa shape index (κ1) is 21.8. The number of para-hydroxylation sites is 1. The molecule has 2 fully saturated rings. The second kappa shape index (κ2) is 8.97. The zero-order chi connectivity index (χ0) is 22.1. The van der Waals surface area contributed by atoms with E-state index in [1.54, 1.807) is 12.1 Å². The van der Waals surface area contributed by atoms with Crippen LogP contribution < -0.4 is 0 Å². The van der Waals surface area contributed by atoms with Gasteiger partial charge < -0.3 is 14.9 Å². The van der Waals surface area contributed by atoms with Gasteiger partial charge in [-0.05, 0) is 49.8 Å². The molecule has 2 N–H and O–H groups in total. The van der Waals surface area contributed by atoms with E-state index in [9.17, 15) is 19.8 Å². The lowest BCUT2D eigenvalue weighted by Crippen LogP contribution is -2.35. The van der Waals surface area contributed by atoms with Crippen molar-refractivity contribution in [2.75, 3.05) is 19.8 Å². The van der Waals surface area contributed by atoms with E-state index in [0.29, 0.717) is 19.6 Å². The van der Waals surface area contributed by atoms with Crippen molar-refractivity contribution in [3.63, 3.8) is 0 Å². The number of aliphatic hydroxyl groups is 1. The fraction of sp³-hybridized carbons (Fsp3) is 0.520. The van der Waals surface area contributed by atoms with Gasteiger partial charge in [0.05, 0.1) is 31.2 Å². The maximum atomic E-state index is 13.0. The van der Waals surface area contributed by atoms with Crippen LogP contribution in [0.3, 0.4) is 0 Å². The number of fused-ring (bicyclic) bond motifs is 3. The van der Waals surface area contributed by atoms with E-state index in [-0.39, 0.29) is 48.0 Å². The van der Waals surface area contributed by atoms with Gasteiger partial charge in [0.2, 0.25) is 11.8 Å². The Balaban J connectivity index is 1.51. The highest BCUT2D eigenvalue weighted by Crippen LogP contribution is 2.49. The molecule has 2 amide bonds. The Morgan fingerprint density at radius 1 is 1.23 bits per heavy atom. The van der Waals surface area contributed by atoms with Gasteiger partial charge in [-0.2, -0.15) is 0 Å². The lowest BCUT2D eigenvalue weighted by molar-refractivity contribution is -0.140. The van der Waals surface area contributed by atoms with Crippen LogP contribution >= 0.6 is 0 Å². The average Bonchev–Trinajstić information content (AvgIpc) is 3.28. The van der Waals surface area contributed by atoms with Crippen molar-refractivity contribution in [2.45, 2.75) is 45.6 Å². The molecule has 0 aromatic heterocycles. The number of carbonyl (C=O) groups is 2. The minimum Gasteiger partial charge on any atom is -0.507 e. The van der Waals surface area contributed by atoms with Crippen molar-refractivity contribution < 1.29 is 24.5 Å². The number of amides is 2. The maximum absolute atomic E-state index is 13.0. The van der Waals surface area contributed by atoms with Gasteiger partial charge >= 0.3 is 0 Å². The van der Waals surface area contributed by atoms with Crippen molar-refractivity contribution in [1.29, 1.82) is 0 Å². The SMILES string of the molecule is CCCN1C(=O)[C@@H]2[C@@H](CC(CO)=C3[C@@H](CC/C(C)=C/c4ccccc4O)OC[C@@H]32)C1=O. The van der Waals surface area contributed by atoms with E-state index >= 15 is 0 Å². The molecule has 3 aliphatic rings. The number of allylic oxidation sites excluding steroid dienone is 1. The number of nitrogens with zero attached hydrogens (tertiary/aromatic N) is 1. The number of likely N-dealkylation sites (tertiary alicyclic amines) is 1. The van der Waals surface area contributed by atoms with Crippen LogP contribution in [0.4, 0.5) is 0 Å². The standard InChI is InChI=1S/C25H31NO5/c1-3-10-26-24(29)18-12-17(13-27)22-19(23(18)25(26)30)14-31-21(22)9-8-15(2)11-16-6-4-5-7-20(16)28/h4-7,11,18-19,21,23,27-28H,3,8-10,12-14H2,1-2H3/b15-11+/t18-,19+,21-,23-/m1/s1. The van der Waals surface area contributed by atoms with Crippen LogP contribution in [0, 0.1) is 17.8 Å². The number of hydrogen-bond donors (Lipinski definition) is 2. The van der Waals surface area contributed by atoms with Crippen LogP contribution in [0.5, 0.6) is 5.75 Å². The van der Waals surface area contributed by atoms with Gasteiger partial charge in [0.25, 0.3) is 0 Å². The highest BCUT2D eigenvalue weighted by molar-refractivity contribution is 6.05. The van der Waals surface area contributed by atoms with Crippen molar-refractivity contribution >= 4 is 17.9 Å². The molecule has 0 spiro atoms. The summed E-state index contributed by atoms with van der Waals surface area (Å²) < 4.78 is 6.12. The van der Waals surface area contributed by atoms with Gasteiger partial charge in [-0.25, -0.2) is 0 Å². The van der Waals surface area contributed by atoms with Gasteiger partial charge in [0.1, 0.15) is 5.75 Å². The number of rotatable bonds is 7. The lowest BCUT2D eigenvalue weighted by Gasteiger charge is -2.31. The molecular weight excluding hydrogens is 394 g/mol. The molecule has 166 valence electrons. The number of phenols is 1. The van der Waals surface area contributed by atoms with E-state index in [1.807, 2.05) is 32.1 Å². The summed E-state index contributed by atoms with van der Waals surface area (Å²) in [5.41, 5.74) is 3.82. The molecule has 6 nitrogen and oxygen atoms in total. The summed E-state index contributed by atoms with van der Waals surface area (Å²) in [7, 11) is 0. The lowest BCUT2D eigenvalue weighted by atomic mass is 9.69. The fourth-order valence-corrected chi connectivity index (χ4v) is 5.43. The largest absolute Gasteiger partial charge is 0.507 e. The number of benzene rings is 1. The van der Waals surface area contributed by atoms with Crippen molar-refractivity contribution in [3.05, 3.63) is 46.5 Å². The maximum Gasteiger partial charge on any atom is 0.233 e. The second-order valence-electron chi connectivity index (χ2n) is 8.90. The third kappa shape index (κ3) is 3.94. The predicted octanol–water partition coefficient (Wildman–Crippen LogP) is 3.29. The molecule has 6 heteroatoms. The van der Waals surface area contributed by atoms with Crippen molar-refractivity contribution in [2.24, 2.45) is 17.8 Å². The number of imide groups is 1. The normalized spacial score (nSPS) is 28.4. The van der Waals surface area contributed by atoms with Crippen LogP contribution in [0.1, 0.15) is 45.1 Å². The monoisotopic (exact) mass is 425 g/mol. The first-order chi connectivity index (χ1) is 15.0. The second-order valence-corrected chi connectivity index (χ2v) is 8.90. The molecule has 0 saturated carbocycles. The minimum atomic E-state index is -0.361. The van der Waals surface area contributed by atoms with Crippen LogP contribution in [0.15, 0.2) is 41.0 Å². The molecule has 0 radical (unpaired) electrons. The van der Waals surface area contributed by atoms with E-state index in [2.05, 4.69) is 0 Å².